The molecule has 0 aliphatic carbocycles. The Morgan fingerprint density at radius 1 is 1.20 bits per heavy atom. The molecule has 0 radical (unpaired) electrons. The average Bonchev–Trinajstić information content (AvgIpc) is 3.37. The number of nitrogens with one attached hydrogen (secondary N) is 2. The number of fused-ring (bicyclic) bond motifs is 1. The van der Waals surface area contributed by atoms with Gasteiger partial charge in [0.1, 0.15) is 11.6 Å². The van der Waals surface area contributed by atoms with E-state index in [9.17, 15) is 19.5 Å². The lowest BCUT2D eigenvalue weighted by atomic mass is 9.62. The molecular formula is C27H39N3O5. The van der Waals surface area contributed by atoms with E-state index in [1.807, 2.05) is 44.2 Å². The Hall–Kier alpha value is -2.45. The molecule has 0 saturated carbocycles. The van der Waals surface area contributed by atoms with Crippen LogP contribution in [0.3, 0.4) is 0 Å². The minimum absolute atomic E-state index is 0.0150. The molecule has 3 N–H and O–H groups in total. The van der Waals surface area contributed by atoms with Crippen LogP contribution in [0.5, 0.6) is 0 Å². The van der Waals surface area contributed by atoms with Crippen LogP contribution in [0.1, 0.15) is 58.9 Å². The zero-order chi connectivity index (χ0) is 25.4. The minimum Gasteiger partial charge on any atom is -0.394 e. The molecule has 3 saturated heterocycles. The summed E-state index contributed by atoms with van der Waals surface area (Å²) < 4.78 is 6.66. The number of likely N-dealkylation sites (tertiary alicyclic amines) is 1. The summed E-state index contributed by atoms with van der Waals surface area (Å²) in [6.07, 6.45) is 3.42. The van der Waals surface area contributed by atoms with Crippen LogP contribution in [0.15, 0.2) is 30.3 Å². The molecule has 3 amide bonds. The van der Waals surface area contributed by atoms with E-state index in [-0.39, 0.29) is 30.2 Å². The summed E-state index contributed by atoms with van der Waals surface area (Å²) in [6, 6.07) is 8.19. The molecule has 3 aliphatic rings. The van der Waals surface area contributed by atoms with Gasteiger partial charge in [-0.25, -0.2) is 0 Å². The summed E-state index contributed by atoms with van der Waals surface area (Å²) in [4.78, 5) is 42.5. The second-order valence-corrected chi connectivity index (χ2v) is 10.7. The smallest absolute Gasteiger partial charge is 0.245 e. The molecule has 3 aliphatic heterocycles. The predicted molar refractivity (Wildman–Crippen MR) is 131 cm³/mol. The van der Waals surface area contributed by atoms with Gasteiger partial charge in [-0.15, -0.1) is 0 Å². The molecule has 2 bridgehead atoms. The molecule has 4 rings (SSSR count). The molecule has 7 atom stereocenters. The first kappa shape index (κ1) is 25.6. The fourth-order valence-electron chi connectivity index (χ4n) is 6.52. The van der Waals surface area contributed by atoms with Crippen molar-refractivity contribution in [3.05, 3.63) is 35.9 Å². The number of amides is 3. The van der Waals surface area contributed by atoms with Crippen molar-refractivity contribution in [3.63, 3.8) is 0 Å². The summed E-state index contributed by atoms with van der Waals surface area (Å²) in [6.45, 7) is 8.37. The molecular weight excluding hydrogens is 446 g/mol. The van der Waals surface area contributed by atoms with Gasteiger partial charge in [-0.3, -0.25) is 14.4 Å². The summed E-state index contributed by atoms with van der Waals surface area (Å²) in [5.74, 6) is -2.27. The number of ether oxygens (including phenoxy) is 1. The van der Waals surface area contributed by atoms with Crippen LogP contribution in [-0.4, -0.2) is 64.2 Å². The third-order valence-electron chi connectivity index (χ3n) is 8.41. The van der Waals surface area contributed by atoms with E-state index >= 15 is 0 Å². The highest BCUT2D eigenvalue weighted by molar-refractivity contribution is 5.99. The molecule has 3 unspecified atom stereocenters. The van der Waals surface area contributed by atoms with Gasteiger partial charge in [-0.2, -0.15) is 0 Å². The van der Waals surface area contributed by atoms with Gasteiger partial charge in [0.15, 0.2) is 0 Å². The Kier molecular flexibility index (Phi) is 7.25. The van der Waals surface area contributed by atoms with Crippen molar-refractivity contribution in [1.82, 2.24) is 15.5 Å². The molecule has 8 nitrogen and oxygen atoms in total. The first-order chi connectivity index (χ1) is 16.7. The minimum atomic E-state index is -1.09. The second kappa shape index (κ2) is 9.90. The molecule has 1 aromatic carbocycles. The van der Waals surface area contributed by atoms with Crippen LogP contribution in [-0.2, 0) is 25.7 Å². The quantitative estimate of drug-likeness (QED) is 0.440. The maximum absolute atomic E-state index is 13.9. The Balaban J connectivity index is 1.64. The lowest BCUT2D eigenvalue weighted by Crippen LogP contribution is -2.57. The lowest BCUT2D eigenvalue weighted by molar-refractivity contribution is -0.150. The molecule has 3 fully saturated rings. The third-order valence-corrected chi connectivity index (χ3v) is 8.41. The zero-order valence-electron chi connectivity index (χ0n) is 21.3. The number of benzene rings is 1. The van der Waals surface area contributed by atoms with E-state index in [4.69, 9.17) is 4.74 Å². The highest BCUT2D eigenvalue weighted by Crippen LogP contribution is 2.65. The number of carbonyl (C=O) groups excluding carboxylic acids is 3. The van der Waals surface area contributed by atoms with Gasteiger partial charge in [0, 0.05) is 13.1 Å². The third kappa shape index (κ3) is 4.14. The lowest BCUT2D eigenvalue weighted by Gasteiger charge is -2.36. The normalized spacial score (nSPS) is 34.1. The van der Waals surface area contributed by atoms with E-state index in [2.05, 4.69) is 17.6 Å². The number of aliphatic hydroxyl groups is 1. The Bertz CT molecular complexity index is 955. The van der Waals surface area contributed by atoms with Crippen LogP contribution in [0, 0.1) is 17.8 Å². The van der Waals surface area contributed by atoms with Crippen molar-refractivity contribution in [2.24, 2.45) is 17.8 Å². The van der Waals surface area contributed by atoms with E-state index in [0.717, 1.165) is 24.8 Å². The second-order valence-electron chi connectivity index (χ2n) is 10.7. The van der Waals surface area contributed by atoms with Gasteiger partial charge in [0.25, 0.3) is 0 Å². The number of carbonyl (C=O) groups is 3. The highest BCUT2D eigenvalue weighted by atomic mass is 16.5. The first-order valence-corrected chi connectivity index (χ1v) is 12.9. The number of rotatable bonds is 10. The number of hydrogen-bond acceptors (Lipinski definition) is 5. The summed E-state index contributed by atoms with van der Waals surface area (Å²) in [7, 11) is 0. The molecule has 1 spiro atoms. The topological polar surface area (TPSA) is 108 Å². The van der Waals surface area contributed by atoms with Crippen molar-refractivity contribution in [2.45, 2.75) is 83.2 Å². The fourth-order valence-corrected chi connectivity index (χ4v) is 6.52. The highest BCUT2D eigenvalue weighted by Gasteiger charge is 2.80. The van der Waals surface area contributed by atoms with E-state index < -0.39 is 35.1 Å². The van der Waals surface area contributed by atoms with Gasteiger partial charge in [-0.1, -0.05) is 57.0 Å². The molecule has 192 valence electrons. The van der Waals surface area contributed by atoms with Crippen molar-refractivity contribution in [3.8, 4) is 0 Å². The number of unbranched alkanes of at least 4 members (excludes halogenated alkanes) is 2. The van der Waals surface area contributed by atoms with Crippen LogP contribution in [0.25, 0.3) is 0 Å². The molecule has 35 heavy (non-hydrogen) atoms. The summed E-state index contributed by atoms with van der Waals surface area (Å²) >= 11 is 0. The first-order valence-electron chi connectivity index (χ1n) is 12.9. The van der Waals surface area contributed by atoms with Crippen LogP contribution < -0.4 is 10.6 Å². The Morgan fingerprint density at radius 2 is 1.91 bits per heavy atom. The Labute approximate surface area is 207 Å². The van der Waals surface area contributed by atoms with Gasteiger partial charge >= 0.3 is 0 Å². The SMILES string of the molecule is CCCCCNC(=O)C1N([C@H](C)CO)C(=O)[C@@H]2[C@@H](C(=O)NCc3ccccc3)[C@]3(C)OC12CC3C. The predicted octanol–water partition coefficient (Wildman–Crippen LogP) is 2.00. The van der Waals surface area contributed by atoms with Crippen molar-refractivity contribution in [1.29, 1.82) is 0 Å². The van der Waals surface area contributed by atoms with Gasteiger partial charge in [0.05, 0.1) is 30.1 Å². The number of nitrogens with zero attached hydrogens (tertiary/aromatic N) is 1. The molecule has 0 aromatic heterocycles. The van der Waals surface area contributed by atoms with Crippen molar-refractivity contribution < 1.29 is 24.2 Å². The maximum Gasteiger partial charge on any atom is 0.245 e. The molecule has 3 heterocycles. The Morgan fingerprint density at radius 3 is 2.57 bits per heavy atom. The standard InChI is InChI=1S/C27H39N3O5/c1-5-6-10-13-28-24(33)22-27-14-17(2)26(4,35-27)20(21(27)25(34)30(22)18(3)16-31)23(32)29-15-19-11-8-7-9-12-19/h7-9,11-12,17-18,20-22,31H,5-6,10,13-16H2,1-4H3,(H,28,33)(H,29,32)/t17?,18-,20+,21+,22?,26-,27?/m1/s1. The number of hydrogen-bond donors (Lipinski definition) is 3. The van der Waals surface area contributed by atoms with E-state index in [0.29, 0.717) is 19.5 Å². The monoisotopic (exact) mass is 485 g/mol. The maximum atomic E-state index is 13.9. The molecule has 1 aromatic rings. The average molecular weight is 486 g/mol. The van der Waals surface area contributed by atoms with Gasteiger partial charge < -0.3 is 25.4 Å². The van der Waals surface area contributed by atoms with Crippen molar-refractivity contribution in [2.75, 3.05) is 13.2 Å². The summed E-state index contributed by atoms with van der Waals surface area (Å²) in [5.41, 5.74) is -0.968. The van der Waals surface area contributed by atoms with Gasteiger partial charge in [0.2, 0.25) is 17.7 Å². The van der Waals surface area contributed by atoms with Gasteiger partial charge in [-0.05, 0) is 38.2 Å². The van der Waals surface area contributed by atoms with E-state index in [1.165, 1.54) is 4.90 Å². The van der Waals surface area contributed by atoms with Crippen LogP contribution in [0.4, 0.5) is 0 Å². The summed E-state index contributed by atoms with van der Waals surface area (Å²) in [5, 5.41) is 15.9. The number of aliphatic hydroxyl groups excluding tert-OH is 1. The zero-order valence-corrected chi connectivity index (χ0v) is 21.3. The fraction of sp³-hybridized carbons (Fsp3) is 0.667. The van der Waals surface area contributed by atoms with E-state index in [1.54, 1.807) is 6.92 Å². The van der Waals surface area contributed by atoms with Crippen LogP contribution in [0.2, 0.25) is 0 Å². The van der Waals surface area contributed by atoms with Crippen LogP contribution >= 0.6 is 0 Å². The molecule has 8 heteroatoms. The van der Waals surface area contributed by atoms with Crippen molar-refractivity contribution >= 4 is 17.7 Å². The largest absolute Gasteiger partial charge is 0.394 e.